The van der Waals surface area contributed by atoms with Crippen LogP contribution in [0.3, 0.4) is 0 Å². The van der Waals surface area contributed by atoms with Crippen molar-refractivity contribution in [3.8, 4) is 0 Å². The first-order chi connectivity index (χ1) is 9.74. The zero-order valence-corrected chi connectivity index (χ0v) is 11.3. The summed E-state index contributed by atoms with van der Waals surface area (Å²) in [7, 11) is 0. The Morgan fingerprint density at radius 1 is 1.05 bits per heavy atom. The molecule has 0 unspecified atom stereocenters. The fraction of sp³-hybridized carbons (Fsp3) is 0. The lowest BCUT2D eigenvalue weighted by Crippen LogP contribution is -2.13. The molecule has 0 saturated heterocycles. The quantitative estimate of drug-likeness (QED) is 0.780. The van der Waals surface area contributed by atoms with Crippen LogP contribution in [0.5, 0.6) is 0 Å². The molecule has 3 aromatic rings. The molecule has 3 rings (SSSR count). The van der Waals surface area contributed by atoms with Crippen molar-refractivity contribution in [2.75, 3.05) is 0 Å². The highest BCUT2D eigenvalue weighted by Crippen LogP contribution is 2.19. The molecule has 0 aliphatic heterocycles. The molecule has 1 N–H and O–H groups in total. The van der Waals surface area contributed by atoms with E-state index in [0.717, 1.165) is 5.56 Å². The summed E-state index contributed by atoms with van der Waals surface area (Å²) in [5.41, 5.74) is 2.27. The lowest BCUT2D eigenvalue weighted by molar-refractivity contribution is 1.19. The second kappa shape index (κ2) is 5.31. The standard InChI is InChI=1S/C16H11ClN2O/c17-12(10-11-6-2-1-3-7-11)15-16(20)19-14-9-5-4-8-13(14)18-15/h1-10H,(H,19,20)/b12-10-. The molecule has 98 valence electrons. The van der Waals surface area contributed by atoms with Gasteiger partial charge in [0.1, 0.15) is 5.69 Å². The molecule has 3 nitrogen and oxygen atoms in total. The first kappa shape index (κ1) is 12.6. The van der Waals surface area contributed by atoms with E-state index in [0.29, 0.717) is 16.1 Å². The number of hydrogen-bond acceptors (Lipinski definition) is 2. The zero-order chi connectivity index (χ0) is 13.9. The summed E-state index contributed by atoms with van der Waals surface area (Å²) in [6.45, 7) is 0. The third-order valence-corrected chi connectivity index (χ3v) is 3.21. The SMILES string of the molecule is O=c1[nH]c2ccccc2nc1/C(Cl)=C/c1ccccc1. The Kier molecular flexibility index (Phi) is 3.35. The van der Waals surface area contributed by atoms with Gasteiger partial charge in [0.2, 0.25) is 0 Å². The topological polar surface area (TPSA) is 45.8 Å². The molecule has 0 bridgehead atoms. The van der Waals surface area contributed by atoms with Crippen molar-refractivity contribution in [1.82, 2.24) is 9.97 Å². The van der Waals surface area contributed by atoms with Crippen LogP contribution in [0.4, 0.5) is 0 Å². The van der Waals surface area contributed by atoms with Crippen LogP contribution in [0.15, 0.2) is 59.4 Å². The van der Waals surface area contributed by atoms with Crippen molar-refractivity contribution < 1.29 is 0 Å². The van der Waals surface area contributed by atoms with Crippen molar-refractivity contribution >= 4 is 33.7 Å². The molecule has 0 radical (unpaired) electrons. The van der Waals surface area contributed by atoms with E-state index >= 15 is 0 Å². The van der Waals surface area contributed by atoms with Crippen molar-refractivity contribution in [3.05, 3.63) is 76.2 Å². The number of fused-ring (bicyclic) bond motifs is 1. The van der Waals surface area contributed by atoms with Gasteiger partial charge in [0.25, 0.3) is 5.56 Å². The van der Waals surface area contributed by atoms with Gasteiger partial charge in [0.15, 0.2) is 0 Å². The van der Waals surface area contributed by atoms with E-state index in [9.17, 15) is 4.79 Å². The molecule has 20 heavy (non-hydrogen) atoms. The van der Waals surface area contributed by atoms with Crippen molar-refractivity contribution in [3.63, 3.8) is 0 Å². The summed E-state index contributed by atoms with van der Waals surface area (Å²) in [6, 6.07) is 16.9. The van der Waals surface area contributed by atoms with E-state index in [-0.39, 0.29) is 11.3 Å². The number of H-pyrrole nitrogens is 1. The highest BCUT2D eigenvalue weighted by molar-refractivity contribution is 6.51. The van der Waals surface area contributed by atoms with Gasteiger partial charge in [-0.05, 0) is 23.8 Å². The van der Waals surface area contributed by atoms with E-state index in [2.05, 4.69) is 9.97 Å². The van der Waals surface area contributed by atoms with Crippen molar-refractivity contribution in [2.24, 2.45) is 0 Å². The van der Waals surface area contributed by atoms with Gasteiger partial charge in [0, 0.05) is 0 Å². The molecular formula is C16H11ClN2O. The Morgan fingerprint density at radius 2 is 1.75 bits per heavy atom. The fourth-order valence-electron chi connectivity index (χ4n) is 1.96. The molecule has 1 heterocycles. The van der Waals surface area contributed by atoms with Gasteiger partial charge in [0.05, 0.1) is 16.1 Å². The second-order valence-electron chi connectivity index (χ2n) is 4.33. The molecule has 0 fully saturated rings. The smallest absolute Gasteiger partial charge is 0.275 e. The maximum Gasteiger partial charge on any atom is 0.275 e. The van der Waals surface area contributed by atoms with Crippen LogP contribution >= 0.6 is 11.6 Å². The van der Waals surface area contributed by atoms with Crippen LogP contribution in [0, 0.1) is 0 Å². The summed E-state index contributed by atoms with van der Waals surface area (Å²) in [4.78, 5) is 19.1. The minimum atomic E-state index is -0.291. The summed E-state index contributed by atoms with van der Waals surface area (Å²) in [6.07, 6.45) is 1.73. The Labute approximate surface area is 120 Å². The Balaban J connectivity index is 2.12. The molecule has 0 amide bonds. The highest BCUT2D eigenvalue weighted by Gasteiger charge is 2.08. The van der Waals surface area contributed by atoms with E-state index in [4.69, 9.17) is 11.6 Å². The number of para-hydroxylation sites is 2. The van der Waals surface area contributed by atoms with Crippen LogP contribution in [0.25, 0.3) is 22.1 Å². The molecule has 0 aliphatic rings. The Morgan fingerprint density at radius 3 is 2.55 bits per heavy atom. The lowest BCUT2D eigenvalue weighted by atomic mass is 10.2. The summed E-state index contributed by atoms with van der Waals surface area (Å²) in [5, 5.41) is 0.322. The van der Waals surface area contributed by atoms with Crippen molar-refractivity contribution in [2.45, 2.75) is 0 Å². The van der Waals surface area contributed by atoms with Gasteiger partial charge in [-0.3, -0.25) is 4.79 Å². The molecule has 0 spiro atoms. The number of rotatable bonds is 2. The largest absolute Gasteiger partial charge is 0.319 e. The predicted molar refractivity (Wildman–Crippen MR) is 82.5 cm³/mol. The van der Waals surface area contributed by atoms with Gasteiger partial charge in [-0.1, -0.05) is 54.1 Å². The van der Waals surface area contributed by atoms with Crippen LogP contribution in [-0.4, -0.2) is 9.97 Å². The number of benzene rings is 2. The first-order valence-corrected chi connectivity index (χ1v) is 6.53. The maximum absolute atomic E-state index is 12.0. The monoisotopic (exact) mass is 282 g/mol. The van der Waals surface area contributed by atoms with Gasteiger partial charge in [-0.15, -0.1) is 0 Å². The third kappa shape index (κ3) is 2.49. The number of halogens is 1. The number of nitrogens with one attached hydrogen (secondary N) is 1. The lowest BCUT2D eigenvalue weighted by Gasteiger charge is -2.01. The van der Waals surface area contributed by atoms with Gasteiger partial charge in [-0.2, -0.15) is 0 Å². The number of hydrogen-bond donors (Lipinski definition) is 1. The molecule has 4 heteroatoms. The average Bonchev–Trinajstić information content (AvgIpc) is 2.47. The first-order valence-electron chi connectivity index (χ1n) is 6.16. The molecular weight excluding hydrogens is 272 g/mol. The normalized spacial score (nSPS) is 11.8. The highest BCUT2D eigenvalue weighted by atomic mass is 35.5. The average molecular weight is 283 g/mol. The van der Waals surface area contributed by atoms with E-state index < -0.39 is 0 Å². The van der Waals surface area contributed by atoms with Crippen LogP contribution in [0.2, 0.25) is 0 Å². The van der Waals surface area contributed by atoms with Crippen LogP contribution in [0.1, 0.15) is 11.3 Å². The third-order valence-electron chi connectivity index (χ3n) is 2.92. The van der Waals surface area contributed by atoms with E-state index in [1.54, 1.807) is 6.08 Å². The zero-order valence-electron chi connectivity index (χ0n) is 10.5. The summed E-state index contributed by atoms with van der Waals surface area (Å²) < 4.78 is 0. The summed E-state index contributed by atoms with van der Waals surface area (Å²) >= 11 is 6.23. The Bertz CT molecular complexity index is 838. The minimum Gasteiger partial charge on any atom is -0.319 e. The molecule has 1 aromatic heterocycles. The molecule has 2 aromatic carbocycles. The molecule has 0 aliphatic carbocycles. The van der Waals surface area contributed by atoms with Gasteiger partial charge >= 0.3 is 0 Å². The molecule has 0 saturated carbocycles. The fourth-order valence-corrected chi connectivity index (χ4v) is 2.21. The number of nitrogens with zero attached hydrogens (tertiary/aromatic N) is 1. The number of aromatic amines is 1. The second-order valence-corrected chi connectivity index (χ2v) is 4.74. The minimum absolute atomic E-state index is 0.231. The van der Waals surface area contributed by atoms with Crippen LogP contribution in [-0.2, 0) is 0 Å². The van der Waals surface area contributed by atoms with E-state index in [1.165, 1.54) is 0 Å². The molecule has 0 atom stereocenters. The Hall–Kier alpha value is -2.39. The van der Waals surface area contributed by atoms with E-state index in [1.807, 2.05) is 54.6 Å². The van der Waals surface area contributed by atoms with Crippen molar-refractivity contribution in [1.29, 1.82) is 0 Å². The predicted octanol–water partition coefficient (Wildman–Crippen LogP) is 3.66. The maximum atomic E-state index is 12.0. The summed E-state index contributed by atoms with van der Waals surface area (Å²) in [5.74, 6) is 0. The van der Waals surface area contributed by atoms with Gasteiger partial charge < -0.3 is 4.98 Å². The number of aromatic nitrogens is 2. The van der Waals surface area contributed by atoms with Gasteiger partial charge in [-0.25, -0.2) is 4.98 Å². The van der Waals surface area contributed by atoms with Crippen LogP contribution < -0.4 is 5.56 Å².